The fourth-order valence-electron chi connectivity index (χ4n) is 1.92. The van der Waals surface area contributed by atoms with Crippen LogP contribution in [0.1, 0.15) is 19.4 Å². The van der Waals surface area contributed by atoms with Gasteiger partial charge < -0.3 is 15.2 Å². The summed E-state index contributed by atoms with van der Waals surface area (Å²) in [6, 6.07) is 2.81. The van der Waals surface area contributed by atoms with Crippen LogP contribution in [0.25, 0.3) is 0 Å². The van der Waals surface area contributed by atoms with Crippen molar-refractivity contribution in [3.05, 3.63) is 23.8 Å². The first-order valence-corrected chi connectivity index (χ1v) is 6.36. The topological polar surface area (TPSA) is 75.6 Å². The highest BCUT2D eigenvalue weighted by atomic mass is 19.4. The van der Waals surface area contributed by atoms with Gasteiger partial charge in [0, 0.05) is 11.8 Å². The molecular formula is C14H16F3NO4. The number of ether oxygens (including phenoxy) is 1. The monoisotopic (exact) mass is 319 g/mol. The van der Waals surface area contributed by atoms with Crippen molar-refractivity contribution in [1.82, 2.24) is 0 Å². The number of nitrogens with one attached hydrogen (secondary N) is 1. The normalized spacial score (nSPS) is 12.9. The van der Waals surface area contributed by atoms with E-state index in [-0.39, 0.29) is 5.69 Å². The molecule has 0 radical (unpaired) electrons. The number of amides is 1. The van der Waals surface area contributed by atoms with Gasteiger partial charge in [-0.3, -0.25) is 9.59 Å². The van der Waals surface area contributed by atoms with Crippen molar-refractivity contribution in [1.29, 1.82) is 0 Å². The molecule has 0 saturated carbocycles. The molecule has 0 aromatic heterocycles. The number of rotatable bonds is 5. The van der Waals surface area contributed by atoms with Crippen LogP contribution in [0.5, 0.6) is 5.75 Å². The lowest BCUT2D eigenvalue weighted by Gasteiger charge is -2.17. The number of carbonyl (C=O) groups excluding carboxylic acids is 1. The summed E-state index contributed by atoms with van der Waals surface area (Å²) < 4.78 is 42.8. The summed E-state index contributed by atoms with van der Waals surface area (Å²) >= 11 is 0. The number of methoxy groups -OCH3 is 1. The highest BCUT2D eigenvalue weighted by molar-refractivity contribution is 6.04. The lowest BCUT2D eigenvalue weighted by atomic mass is 9.95. The maximum Gasteiger partial charge on any atom is 0.419 e. The Balaban J connectivity index is 3.05. The van der Waals surface area contributed by atoms with E-state index in [9.17, 15) is 22.8 Å². The highest BCUT2D eigenvalue weighted by Crippen LogP contribution is 2.37. The van der Waals surface area contributed by atoms with E-state index in [4.69, 9.17) is 5.11 Å². The Hall–Kier alpha value is -2.25. The molecule has 0 aliphatic carbocycles. The Morgan fingerprint density at radius 2 is 1.86 bits per heavy atom. The average Bonchev–Trinajstić information content (AvgIpc) is 2.36. The Labute approximate surface area is 125 Å². The number of alkyl halides is 3. The highest BCUT2D eigenvalue weighted by Gasteiger charge is 2.35. The van der Waals surface area contributed by atoms with E-state index in [2.05, 4.69) is 10.1 Å². The third-order valence-corrected chi connectivity index (χ3v) is 2.99. The number of carbonyl (C=O) groups is 2. The van der Waals surface area contributed by atoms with Gasteiger partial charge in [-0.2, -0.15) is 13.2 Å². The van der Waals surface area contributed by atoms with Crippen molar-refractivity contribution < 1.29 is 32.6 Å². The number of benzene rings is 1. The molecule has 1 rings (SSSR count). The van der Waals surface area contributed by atoms with Gasteiger partial charge in [-0.1, -0.05) is 13.8 Å². The van der Waals surface area contributed by atoms with Gasteiger partial charge in [0.15, 0.2) is 0 Å². The van der Waals surface area contributed by atoms with Crippen LogP contribution in [0.2, 0.25) is 0 Å². The third-order valence-electron chi connectivity index (χ3n) is 2.99. The fourth-order valence-corrected chi connectivity index (χ4v) is 1.92. The molecule has 1 atom stereocenters. The summed E-state index contributed by atoms with van der Waals surface area (Å²) in [7, 11) is 1.07. The first-order chi connectivity index (χ1) is 10.1. The van der Waals surface area contributed by atoms with Gasteiger partial charge in [0.05, 0.1) is 12.7 Å². The van der Waals surface area contributed by atoms with Crippen molar-refractivity contribution in [3.63, 3.8) is 0 Å². The van der Waals surface area contributed by atoms with Crippen molar-refractivity contribution in [3.8, 4) is 5.75 Å². The van der Waals surface area contributed by atoms with E-state index < -0.39 is 41.2 Å². The number of aliphatic carboxylic acids is 1. The van der Waals surface area contributed by atoms with Crippen molar-refractivity contribution >= 4 is 17.6 Å². The summed E-state index contributed by atoms with van der Waals surface area (Å²) in [6.07, 6.45) is -4.59. The zero-order valence-corrected chi connectivity index (χ0v) is 12.2. The lowest BCUT2D eigenvalue weighted by molar-refractivity contribution is -0.147. The third kappa shape index (κ3) is 4.12. The smallest absolute Gasteiger partial charge is 0.419 e. The number of anilines is 1. The number of carboxylic acid groups (broad SMARTS) is 1. The molecule has 122 valence electrons. The van der Waals surface area contributed by atoms with Gasteiger partial charge >= 0.3 is 12.1 Å². The van der Waals surface area contributed by atoms with Gasteiger partial charge in [0.2, 0.25) is 5.91 Å². The second kappa shape index (κ2) is 6.67. The van der Waals surface area contributed by atoms with Crippen LogP contribution in [-0.4, -0.2) is 24.1 Å². The summed E-state index contributed by atoms with van der Waals surface area (Å²) in [5.74, 6) is -4.32. The summed E-state index contributed by atoms with van der Waals surface area (Å²) in [5, 5.41) is 11.3. The van der Waals surface area contributed by atoms with Gasteiger partial charge in [-0.25, -0.2) is 0 Å². The predicted octanol–water partition coefficient (Wildman–Crippen LogP) is 3.01. The van der Waals surface area contributed by atoms with Gasteiger partial charge in [0.25, 0.3) is 0 Å². The van der Waals surface area contributed by atoms with E-state index in [1.807, 2.05) is 0 Å². The van der Waals surface area contributed by atoms with E-state index >= 15 is 0 Å². The average molecular weight is 319 g/mol. The zero-order chi connectivity index (χ0) is 17.1. The Bertz CT molecular complexity index is 570. The maximum atomic E-state index is 12.7. The van der Waals surface area contributed by atoms with Crippen molar-refractivity contribution in [2.75, 3.05) is 12.4 Å². The summed E-state index contributed by atoms with van der Waals surface area (Å²) in [6.45, 7) is 3.12. The number of carboxylic acids is 1. The first kappa shape index (κ1) is 17.8. The standard InChI is InChI=1S/C14H16F3NO4/c1-7(2)11(13(20)21)12(19)18-8-4-5-9(14(15,16)17)10(6-8)22-3/h4-7,11H,1-3H3,(H,18,19)(H,20,21). The summed E-state index contributed by atoms with van der Waals surface area (Å²) in [4.78, 5) is 23.0. The van der Waals surface area contributed by atoms with Crippen molar-refractivity contribution in [2.24, 2.45) is 11.8 Å². The number of hydrogen-bond donors (Lipinski definition) is 2. The minimum absolute atomic E-state index is 0.0294. The van der Waals surface area contributed by atoms with Gasteiger partial charge in [-0.15, -0.1) is 0 Å². The Kier molecular flexibility index (Phi) is 5.40. The van der Waals surface area contributed by atoms with Crippen LogP contribution >= 0.6 is 0 Å². The Morgan fingerprint density at radius 1 is 1.27 bits per heavy atom. The molecule has 0 fully saturated rings. The van der Waals surface area contributed by atoms with E-state index in [1.54, 1.807) is 13.8 Å². The molecule has 0 bridgehead atoms. The molecule has 5 nitrogen and oxygen atoms in total. The molecule has 2 N–H and O–H groups in total. The lowest BCUT2D eigenvalue weighted by Crippen LogP contribution is -2.33. The molecule has 1 amide bonds. The van der Waals surface area contributed by atoms with Crippen molar-refractivity contribution in [2.45, 2.75) is 20.0 Å². The molecule has 1 unspecified atom stereocenters. The second-order valence-corrected chi connectivity index (χ2v) is 4.96. The molecule has 0 saturated heterocycles. The van der Waals surface area contributed by atoms with Gasteiger partial charge in [-0.05, 0) is 18.1 Å². The van der Waals surface area contributed by atoms with Crippen LogP contribution in [0.4, 0.5) is 18.9 Å². The molecule has 1 aromatic carbocycles. The second-order valence-electron chi connectivity index (χ2n) is 4.96. The SMILES string of the molecule is COc1cc(NC(=O)C(C(=O)O)C(C)C)ccc1C(F)(F)F. The van der Waals surface area contributed by atoms with Gasteiger partial charge in [0.1, 0.15) is 11.7 Å². The number of hydrogen-bond acceptors (Lipinski definition) is 3. The van der Waals surface area contributed by atoms with Crippen LogP contribution in [-0.2, 0) is 15.8 Å². The molecular weight excluding hydrogens is 303 g/mol. The quantitative estimate of drug-likeness (QED) is 0.818. The molecule has 0 heterocycles. The molecule has 0 aliphatic heterocycles. The Morgan fingerprint density at radius 3 is 2.27 bits per heavy atom. The molecule has 22 heavy (non-hydrogen) atoms. The van der Waals surface area contributed by atoms with E-state index in [0.29, 0.717) is 0 Å². The molecule has 1 aromatic rings. The van der Waals surface area contributed by atoms with Crippen LogP contribution in [0, 0.1) is 11.8 Å². The molecule has 8 heteroatoms. The largest absolute Gasteiger partial charge is 0.496 e. The van der Waals surface area contributed by atoms with E-state index in [0.717, 1.165) is 25.3 Å². The van der Waals surface area contributed by atoms with Crippen LogP contribution < -0.4 is 10.1 Å². The zero-order valence-electron chi connectivity index (χ0n) is 12.2. The minimum atomic E-state index is -4.59. The first-order valence-electron chi connectivity index (χ1n) is 6.36. The summed E-state index contributed by atoms with van der Waals surface area (Å²) in [5.41, 5.74) is -0.951. The minimum Gasteiger partial charge on any atom is -0.496 e. The van der Waals surface area contributed by atoms with E-state index in [1.165, 1.54) is 0 Å². The maximum absolute atomic E-state index is 12.7. The number of halogens is 3. The molecule has 0 aliphatic rings. The fraction of sp³-hybridized carbons (Fsp3) is 0.429. The van der Waals surface area contributed by atoms with Crippen LogP contribution in [0.15, 0.2) is 18.2 Å². The molecule has 0 spiro atoms. The predicted molar refractivity (Wildman–Crippen MR) is 72.6 cm³/mol. The van der Waals surface area contributed by atoms with Crippen LogP contribution in [0.3, 0.4) is 0 Å².